The van der Waals surface area contributed by atoms with E-state index in [-0.39, 0.29) is 0 Å². The molecule has 0 atom stereocenters. The Labute approximate surface area is 163 Å². The third-order valence-electron chi connectivity index (χ3n) is 4.50. The predicted molar refractivity (Wildman–Crippen MR) is 108 cm³/mol. The Hall–Kier alpha value is -3.15. The lowest BCUT2D eigenvalue weighted by atomic mass is 10.1. The van der Waals surface area contributed by atoms with Crippen LogP contribution in [0, 0.1) is 13.8 Å². The maximum absolute atomic E-state index is 12.5. The molecule has 3 aromatic heterocycles. The smallest absolute Gasteiger partial charge is 0.420 e. The number of nitrogens with zero attached hydrogens (tertiary/aromatic N) is 3. The number of hydrogen-bond donors (Lipinski definition) is 0. The van der Waals surface area contributed by atoms with Crippen molar-refractivity contribution in [1.29, 1.82) is 0 Å². The van der Waals surface area contributed by atoms with Crippen molar-refractivity contribution >= 4 is 28.2 Å². The molecule has 0 aliphatic carbocycles. The monoisotopic (exact) mass is 377 g/mol. The van der Waals surface area contributed by atoms with Gasteiger partial charge >= 0.3 is 6.09 Å². The second-order valence-corrected chi connectivity index (χ2v) is 8.08. The Morgan fingerprint density at radius 2 is 2.00 bits per heavy atom. The van der Waals surface area contributed by atoms with Crippen molar-refractivity contribution in [2.45, 2.75) is 46.6 Å². The third-order valence-corrected chi connectivity index (χ3v) is 4.50. The maximum Gasteiger partial charge on any atom is 0.420 e. The fourth-order valence-corrected chi connectivity index (χ4v) is 3.24. The molecule has 3 heterocycles. The van der Waals surface area contributed by atoms with E-state index in [1.807, 2.05) is 58.9 Å². The van der Waals surface area contributed by atoms with E-state index in [1.165, 1.54) is 4.57 Å². The number of benzene rings is 1. The quantitative estimate of drug-likeness (QED) is 0.482. The van der Waals surface area contributed by atoms with Gasteiger partial charge in [-0.1, -0.05) is 12.1 Å². The Bertz CT molecular complexity index is 1200. The molecule has 0 bridgehead atoms. The summed E-state index contributed by atoms with van der Waals surface area (Å²) >= 11 is 0. The molecule has 6 nitrogen and oxygen atoms in total. The highest BCUT2D eigenvalue weighted by Gasteiger charge is 2.21. The lowest BCUT2D eigenvalue weighted by Gasteiger charge is -2.19. The van der Waals surface area contributed by atoms with Crippen molar-refractivity contribution in [2.75, 3.05) is 0 Å². The van der Waals surface area contributed by atoms with Crippen molar-refractivity contribution in [3.8, 4) is 0 Å². The zero-order valence-corrected chi connectivity index (χ0v) is 16.7. The molecular formula is C22H23N3O3. The number of carbonyl (C=O) groups is 1. The molecule has 4 rings (SSSR count). The summed E-state index contributed by atoms with van der Waals surface area (Å²) in [6.07, 6.45) is 3.62. The van der Waals surface area contributed by atoms with E-state index < -0.39 is 11.7 Å². The number of ether oxygens (including phenoxy) is 1. The van der Waals surface area contributed by atoms with Crippen LogP contribution in [0.5, 0.6) is 0 Å². The summed E-state index contributed by atoms with van der Waals surface area (Å²) in [6.45, 7) is 9.50. The molecule has 0 unspecified atom stereocenters. The summed E-state index contributed by atoms with van der Waals surface area (Å²) in [6, 6.07) is 7.95. The van der Waals surface area contributed by atoms with E-state index in [0.717, 1.165) is 33.2 Å². The van der Waals surface area contributed by atoms with E-state index in [0.29, 0.717) is 18.0 Å². The van der Waals surface area contributed by atoms with Gasteiger partial charge in [0.1, 0.15) is 16.8 Å². The number of rotatable bonds is 2. The Kier molecular flexibility index (Phi) is 4.22. The number of aromatic nitrogens is 3. The van der Waals surface area contributed by atoms with Crippen LogP contribution in [0.3, 0.4) is 0 Å². The van der Waals surface area contributed by atoms with E-state index in [9.17, 15) is 4.79 Å². The Morgan fingerprint density at radius 1 is 1.21 bits per heavy atom. The minimum atomic E-state index is -0.563. The fraction of sp³-hybridized carbons (Fsp3) is 0.318. The van der Waals surface area contributed by atoms with Crippen molar-refractivity contribution in [3.63, 3.8) is 0 Å². The first-order chi connectivity index (χ1) is 13.2. The number of fused-ring (bicyclic) bond motifs is 2. The summed E-state index contributed by atoms with van der Waals surface area (Å²) in [5, 5.41) is 0.913. The van der Waals surface area contributed by atoms with E-state index in [2.05, 4.69) is 9.97 Å². The van der Waals surface area contributed by atoms with Gasteiger partial charge in [0.2, 0.25) is 0 Å². The molecule has 0 fully saturated rings. The van der Waals surface area contributed by atoms with Gasteiger partial charge in [-0.25, -0.2) is 19.3 Å². The molecule has 0 N–H and O–H groups in total. The van der Waals surface area contributed by atoms with Crippen LogP contribution in [0.4, 0.5) is 4.79 Å². The number of carbonyl (C=O) groups excluding carboxylic acids is 1. The first-order valence-electron chi connectivity index (χ1n) is 9.26. The van der Waals surface area contributed by atoms with Gasteiger partial charge < -0.3 is 9.15 Å². The van der Waals surface area contributed by atoms with E-state index in [1.54, 1.807) is 12.4 Å². The molecule has 6 heteroatoms. The molecule has 0 amide bonds. The highest BCUT2D eigenvalue weighted by molar-refractivity contribution is 5.89. The van der Waals surface area contributed by atoms with E-state index >= 15 is 0 Å². The number of para-hydroxylation sites is 1. The molecule has 144 valence electrons. The van der Waals surface area contributed by atoms with Gasteiger partial charge in [-0.05, 0) is 63.4 Å². The van der Waals surface area contributed by atoms with Crippen LogP contribution in [-0.4, -0.2) is 26.2 Å². The van der Waals surface area contributed by atoms with Crippen molar-refractivity contribution < 1.29 is 13.9 Å². The topological polar surface area (TPSA) is 70.2 Å². The zero-order valence-electron chi connectivity index (χ0n) is 16.7. The van der Waals surface area contributed by atoms with Gasteiger partial charge in [-0.2, -0.15) is 0 Å². The van der Waals surface area contributed by atoms with Crippen molar-refractivity contribution in [2.24, 2.45) is 0 Å². The van der Waals surface area contributed by atoms with Gasteiger partial charge in [0, 0.05) is 17.8 Å². The van der Waals surface area contributed by atoms with Crippen molar-refractivity contribution in [1.82, 2.24) is 14.5 Å². The normalized spacial score (nSPS) is 12.0. The van der Waals surface area contributed by atoms with Gasteiger partial charge in [-0.3, -0.25) is 0 Å². The third kappa shape index (κ3) is 3.38. The van der Waals surface area contributed by atoms with Gasteiger partial charge in [0.25, 0.3) is 0 Å². The highest BCUT2D eigenvalue weighted by Crippen LogP contribution is 2.24. The van der Waals surface area contributed by atoms with E-state index in [4.69, 9.17) is 9.15 Å². The Balaban J connectivity index is 1.67. The summed E-state index contributed by atoms with van der Waals surface area (Å²) in [5.41, 5.74) is 4.70. The summed E-state index contributed by atoms with van der Waals surface area (Å²) in [5.74, 6) is 0.648. The molecule has 0 aliphatic heterocycles. The minimum Gasteiger partial charge on any atom is -0.443 e. The summed E-state index contributed by atoms with van der Waals surface area (Å²) in [4.78, 5) is 21.6. The molecule has 0 saturated heterocycles. The molecule has 0 radical (unpaired) electrons. The van der Waals surface area contributed by atoms with Crippen LogP contribution in [0.1, 0.15) is 43.4 Å². The lowest BCUT2D eigenvalue weighted by molar-refractivity contribution is 0.0543. The molecular weight excluding hydrogens is 354 g/mol. The lowest BCUT2D eigenvalue weighted by Crippen LogP contribution is -2.26. The highest BCUT2D eigenvalue weighted by atomic mass is 16.6. The fourth-order valence-electron chi connectivity index (χ4n) is 3.24. The second kappa shape index (κ2) is 6.48. The van der Waals surface area contributed by atoms with Crippen LogP contribution in [0.2, 0.25) is 0 Å². The SMILES string of the molecule is Cc1cn(C(=O)OC(C)(C)C)c2ncc(Cc3nc4cccc(C)c4o3)cc12. The average molecular weight is 377 g/mol. The van der Waals surface area contributed by atoms with Gasteiger partial charge in [-0.15, -0.1) is 0 Å². The number of pyridine rings is 1. The predicted octanol–water partition coefficient (Wildman–Crippen LogP) is 5.17. The number of oxazole rings is 1. The number of hydrogen-bond acceptors (Lipinski definition) is 5. The molecule has 0 saturated carbocycles. The van der Waals surface area contributed by atoms with Crippen LogP contribution in [0.15, 0.2) is 41.1 Å². The summed E-state index contributed by atoms with van der Waals surface area (Å²) in [7, 11) is 0. The standard InChI is InChI=1S/C22H23N3O3/c1-13-7-6-8-17-19(13)27-18(24-17)10-15-9-16-14(2)12-25(20(16)23-11-15)21(26)28-22(3,4)5/h6-9,11-12H,10H2,1-5H3. The first kappa shape index (κ1) is 18.2. The van der Waals surface area contributed by atoms with Gasteiger partial charge in [0.15, 0.2) is 11.5 Å². The van der Waals surface area contributed by atoms with Crippen LogP contribution in [-0.2, 0) is 11.2 Å². The number of aryl methyl sites for hydroxylation is 2. The second-order valence-electron chi connectivity index (χ2n) is 8.08. The summed E-state index contributed by atoms with van der Waals surface area (Å²) < 4.78 is 12.9. The average Bonchev–Trinajstić information content (AvgIpc) is 3.16. The molecule has 4 aromatic rings. The zero-order chi connectivity index (χ0) is 20.1. The maximum atomic E-state index is 12.5. The minimum absolute atomic E-state index is 0.430. The van der Waals surface area contributed by atoms with Gasteiger partial charge in [0.05, 0.1) is 6.42 Å². The largest absolute Gasteiger partial charge is 0.443 e. The van der Waals surface area contributed by atoms with Crippen molar-refractivity contribution in [3.05, 3.63) is 59.2 Å². The van der Waals surface area contributed by atoms with Crippen LogP contribution >= 0.6 is 0 Å². The molecule has 1 aromatic carbocycles. The first-order valence-corrected chi connectivity index (χ1v) is 9.26. The molecule has 0 spiro atoms. The molecule has 28 heavy (non-hydrogen) atoms. The van der Waals surface area contributed by atoms with Crippen LogP contribution < -0.4 is 0 Å². The molecule has 0 aliphatic rings. The Morgan fingerprint density at radius 3 is 2.71 bits per heavy atom. The van der Waals surface area contributed by atoms with Crippen LogP contribution in [0.25, 0.3) is 22.1 Å².